The molecule has 6 nitrogen and oxygen atoms in total. The number of nitrogens with one attached hydrogen (secondary N) is 1. The van der Waals surface area contributed by atoms with Crippen LogP contribution in [0.1, 0.15) is 16.8 Å². The zero-order chi connectivity index (χ0) is 18.5. The molecule has 0 spiro atoms. The highest BCUT2D eigenvalue weighted by Crippen LogP contribution is 2.18. The van der Waals surface area contributed by atoms with Crippen molar-refractivity contribution in [3.63, 3.8) is 0 Å². The number of hydrogen-bond donors (Lipinski definition) is 1. The summed E-state index contributed by atoms with van der Waals surface area (Å²) in [5.74, 6) is 0.744. The van der Waals surface area contributed by atoms with Crippen molar-refractivity contribution in [2.45, 2.75) is 13.8 Å². The average molecular weight is 346 g/mol. The van der Waals surface area contributed by atoms with Crippen molar-refractivity contribution in [2.24, 2.45) is 0 Å². The number of benzene rings is 2. The number of nitrogens with zero attached hydrogens (tertiary/aromatic N) is 3. The summed E-state index contributed by atoms with van der Waals surface area (Å²) in [5.41, 5.74) is 3.29. The molecule has 0 aliphatic heterocycles. The van der Waals surface area contributed by atoms with Crippen LogP contribution in [0.15, 0.2) is 54.6 Å². The Morgan fingerprint density at radius 1 is 1.19 bits per heavy atom. The number of rotatable bonds is 5. The lowest BCUT2D eigenvalue weighted by Crippen LogP contribution is -2.21. The minimum Gasteiger partial charge on any atom is -0.484 e. The molecule has 0 unspecified atom stereocenters. The monoisotopic (exact) mass is 346 g/mol. The van der Waals surface area contributed by atoms with Gasteiger partial charge in [-0.2, -0.15) is 10.4 Å². The average Bonchev–Trinajstić information content (AvgIpc) is 3.01. The summed E-state index contributed by atoms with van der Waals surface area (Å²) in [5, 5.41) is 16.1. The Bertz CT molecular complexity index is 968. The van der Waals surface area contributed by atoms with Crippen molar-refractivity contribution in [1.29, 1.82) is 5.26 Å². The molecule has 3 aromatic rings. The van der Waals surface area contributed by atoms with Gasteiger partial charge < -0.3 is 10.1 Å². The van der Waals surface area contributed by atoms with E-state index in [1.54, 1.807) is 35.0 Å². The van der Waals surface area contributed by atoms with Crippen LogP contribution < -0.4 is 10.1 Å². The minimum absolute atomic E-state index is 0.160. The van der Waals surface area contributed by atoms with Gasteiger partial charge in [-0.05, 0) is 44.2 Å². The van der Waals surface area contributed by atoms with Crippen LogP contribution in [0.25, 0.3) is 5.69 Å². The lowest BCUT2D eigenvalue weighted by Gasteiger charge is -2.10. The quantitative estimate of drug-likeness (QED) is 0.768. The first-order valence-electron chi connectivity index (χ1n) is 8.11. The van der Waals surface area contributed by atoms with Crippen LogP contribution >= 0.6 is 0 Å². The molecule has 0 saturated heterocycles. The van der Waals surface area contributed by atoms with Gasteiger partial charge in [0, 0.05) is 6.07 Å². The van der Waals surface area contributed by atoms with E-state index < -0.39 is 0 Å². The molecule has 0 atom stereocenters. The van der Waals surface area contributed by atoms with Crippen molar-refractivity contribution in [2.75, 3.05) is 11.9 Å². The minimum atomic E-state index is -0.305. The summed E-state index contributed by atoms with van der Waals surface area (Å²) in [6.45, 7) is 3.72. The van der Waals surface area contributed by atoms with Gasteiger partial charge in [-0.25, -0.2) is 4.68 Å². The Kier molecular flexibility index (Phi) is 4.99. The molecule has 0 radical (unpaired) electrons. The van der Waals surface area contributed by atoms with E-state index in [1.807, 2.05) is 44.2 Å². The molecule has 1 aromatic heterocycles. The molecular formula is C20H18N4O2. The van der Waals surface area contributed by atoms with E-state index in [0.717, 1.165) is 16.9 Å². The summed E-state index contributed by atoms with van der Waals surface area (Å²) in [7, 11) is 0. The molecular weight excluding hydrogens is 328 g/mol. The zero-order valence-corrected chi connectivity index (χ0v) is 14.6. The standard InChI is InChI=1S/C20H18N4O2/c1-14-6-8-17(9-7-14)24-19(10-15(2)23-24)22-20(25)13-26-18-5-3-4-16(11-18)12-21/h3-11H,13H2,1-2H3,(H,22,25). The fourth-order valence-corrected chi connectivity index (χ4v) is 2.45. The number of nitriles is 1. The Labute approximate surface area is 151 Å². The van der Waals surface area contributed by atoms with E-state index in [1.165, 1.54) is 0 Å². The molecule has 130 valence electrons. The maximum atomic E-state index is 12.2. The molecule has 0 saturated carbocycles. The molecule has 2 aromatic carbocycles. The number of carbonyl (C=O) groups is 1. The fraction of sp³-hybridized carbons (Fsp3) is 0.150. The van der Waals surface area contributed by atoms with E-state index in [-0.39, 0.29) is 12.5 Å². The smallest absolute Gasteiger partial charge is 0.263 e. The van der Waals surface area contributed by atoms with Gasteiger partial charge in [-0.3, -0.25) is 4.79 Å². The van der Waals surface area contributed by atoms with Gasteiger partial charge >= 0.3 is 0 Å². The summed E-state index contributed by atoms with van der Waals surface area (Å²) in [6, 6.07) is 18.4. The zero-order valence-electron chi connectivity index (χ0n) is 14.6. The predicted molar refractivity (Wildman–Crippen MR) is 98.3 cm³/mol. The molecule has 6 heteroatoms. The SMILES string of the molecule is Cc1ccc(-n2nc(C)cc2NC(=O)COc2cccc(C#N)c2)cc1. The van der Waals surface area contributed by atoms with Crippen LogP contribution in [0, 0.1) is 25.2 Å². The number of aryl methyl sites for hydroxylation is 2. The highest BCUT2D eigenvalue weighted by Gasteiger charge is 2.11. The Balaban J connectivity index is 1.69. The number of hydrogen-bond acceptors (Lipinski definition) is 4. The van der Waals surface area contributed by atoms with Crippen molar-refractivity contribution >= 4 is 11.7 Å². The summed E-state index contributed by atoms with van der Waals surface area (Å²) >= 11 is 0. The van der Waals surface area contributed by atoms with Gasteiger partial charge in [-0.15, -0.1) is 0 Å². The van der Waals surface area contributed by atoms with Gasteiger partial charge in [0.15, 0.2) is 6.61 Å². The van der Waals surface area contributed by atoms with Gasteiger partial charge in [0.2, 0.25) is 0 Å². The first kappa shape index (κ1) is 17.2. The van der Waals surface area contributed by atoms with Crippen LogP contribution in [-0.4, -0.2) is 22.3 Å². The lowest BCUT2D eigenvalue weighted by atomic mass is 10.2. The maximum absolute atomic E-state index is 12.2. The highest BCUT2D eigenvalue weighted by atomic mass is 16.5. The van der Waals surface area contributed by atoms with Crippen molar-refractivity contribution in [3.8, 4) is 17.5 Å². The first-order chi connectivity index (χ1) is 12.5. The topological polar surface area (TPSA) is 79.9 Å². The van der Waals surface area contributed by atoms with E-state index in [4.69, 9.17) is 10.00 Å². The summed E-state index contributed by atoms with van der Waals surface area (Å²) in [6.07, 6.45) is 0. The van der Waals surface area contributed by atoms with E-state index >= 15 is 0 Å². The van der Waals surface area contributed by atoms with Gasteiger partial charge in [0.05, 0.1) is 23.0 Å². The number of aromatic nitrogens is 2. The second-order valence-corrected chi connectivity index (χ2v) is 5.89. The van der Waals surface area contributed by atoms with Gasteiger partial charge in [0.1, 0.15) is 11.6 Å². The summed E-state index contributed by atoms with van der Waals surface area (Å²) in [4.78, 5) is 12.2. The van der Waals surface area contributed by atoms with Crippen molar-refractivity contribution < 1.29 is 9.53 Å². The molecule has 1 amide bonds. The third-order valence-corrected chi connectivity index (χ3v) is 3.71. The molecule has 1 heterocycles. The van der Waals surface area contributed by atoms with Crippen LogP contribution in [0.5, 0.6) is 5.75 Å². The van der Waals surface area contributed by atoms with Crippen LogP contribution in [-0.2, 0) is 4.79 Å². The van der Waals surface area contributed by atoms with E-state index in [2.05, 4.69) is 10.4 Å². The van der Waals surface area contributed by atoms with Crippen LogP contribution in [0.2, 0.25) is 0 Å². The van der Waals surface area contributed by atoms with Gasteiger partial charge in [-0.1, -0.05) is 23.8 Å². The molecule has 3 rings (SSSR count). The Morgan fingerprint density at radius 3 is 2.69 bits per heavy atom. The Hall–Kier alpha value is -3.59. The largest absolute Gasteiger partial charge is 0.484 e. The number of amides is 1. The highest BCUT2D eigenvalue weighted by molar-refractivity contribution is 5.91. The first-order valence-corrected chi connectivity index (χ1v) is 8.11. The van der Waals surface area contributed by atoms with Crippen LogP contribution in [0.4, 0.5) is 5.82 Å². The van der Waals surface area contributed by atoms with E-state index in [9.17, 15) is 4.79 Å². The molecule has 0 bridgehead atoms. The van der Waals surface area contributed by atoms with Crippen LogP contribution in [0.3, 0.4) is 0 Å². The number of anilines is 1. The molecule has 1 N–H and O–H groups in total. The van der Waals surface area contributed by atoms with Gasteiger partial charge in [0.25, 0.3) is 5.91 Å². The summed E-state index contributed by atoms with van der Waals surface area (Å²) < 4.78 is 7.14. The lowest BCUT2D eigenvalue weighted by molar-refractivity contribution is -0.118. The molecule has 0 aliphatic rings. The maximum Gasteiger partial charge on any atom is 0.263 e. The fourth-order valence-electron chi connectivity index (χ4n) is 2.45. The predicted octanol–water partition coefficient (Wildman–Crippen LogP) is 3.38. The Morgan fingerprint density at radius 2 is 1.96 bits per heavy atom. The molecule has 0 fully saturated rings. The van der Waals surface area contributed by atoms with Crippen molar-refractivity contribution in [3.05, 3.63) is 71.4 Å². The van der Waals surface area contributed by atoms with E-state index in [0.29, 0.717) is 17.1 Å². The normalized spacial score (nSPS) is 10.2. The number of ether oxygens (including phenoxy) is 1. The third kappa shape index (κ3) is 4.08. The third-order valence-electron chi connectivity index (χ3n) is 3.71. The second kappa shape index (κ2) is 7.53. The van der Waals surface area contributed by atoms with Crippen molar-refractivity contribution in [1.82, 2.24) is 9.78 Å². The molecule has 26 heavy (non-hydrogen) atoms. The number of carbonyl (C=O) groups excluding carboxylic acids is 1. The molecule has 0 aliphatic carbocycles. The second-order valence-electron chi connectivity index (χ2n) is 5.89.